The molecule has 8 heteroatoms. The van der Waals surface area contributed by atoms with E-state index in [2.05, 4.69) is 37.3 Å². The molecule has 0 saturated carbocycles. The number of aromatic nitrogens is 3. The van der Waals surface area contributed by atoms with Crippen molar-refractivity contribution in [2.45, 2.75) is 32.4 Å². The number of H-pyrrole nitrogens is 1. The first-order chi connectivity index (χ1) is 12.7. The Morgan fingerprint density at radius 3 is 2.96 bits per heavy atom. The molecule has 3 rings (SSSR count). The number of methoxy groups -OCH3 is 1. The van der Waals surface area contributed by atoms with Crippen LogP contribution < -0.4 is 15.8 Å². The first-order valence-corrected chi connectivity index (χ1v) is 9.03. The Balaban J connectivity index is 1.52. The van der Waals surface area contributed by atoms with Crippen LogP contribution in [0.15, 0.2) is 29.3 Å². The number of nitrogens with zero attached hydrogens (tertiary/aromatic N) is 4. The van der Waals surface area contributed by atoms with Crippen LogP contribution in [0.2, 0.25) is 0 Å². The average Bonchev–Trinajstić information content (AvgIpc) is 3.33. The monoisotopic (exact) mass is 357 g/mol. The predicted molar refractivity (Wildman–Crippen MR) is 102 cm³/mol. The number of nitrogens with one attached hydrogen (secondary N) is 2. The molecular weight excluding hydrogens is 330 g/mol. The fourth-order valence-electron chi connectivity index (χ4n) is 3.22. The van der Waals surface area contributed by atoms with Crippen molar-refractivity contribution in [3.05, 3.63) is 30.1 Å². The first-order valence-electron chi connectivity index (χ1n) is 9.03. The maximum Gasteiger partial charge on any atom is 0.189 e. The largest absolute Gasteiger partial charge is 0.497 e. The molecule has 1 aromatic carbocycles. The molecule has 1 aliphatic rings. The van der Waals surface area contributed by atoms with Crippen LogP contribution in [0, 0.1) is 0 Å². The number of likely N-dealkylation sites (tertiary alicyclic amines) is 1. The molecule has 26 heavy (non-hydrogen) atoms. The zero-order valence-electron chi connectivity index (χ0n) is 15.4. The van der Waals surface area contributed by atoms with Gasteiger partial charge in [-0.3, -0.25) is 10.00 Å². The van der Waals surface area contributed by atoms with Gasteiger partial charge < -0.3 is 15.8 Å². The van der Waals surface area contributed by atoms with Crippen molar-refractivity contribution in [3.63, 3.8) is 0 Å². The summed E-state index contributed by atoms with van der Waals surface area (Å²) in [5.74, 6) is 2.55. The Morgan fingerprint density at radius 1 is 1.42 bits per heavy atom. The SMILES string of the molecule is CCN1CCCC1CNC(N)=NCc1nc(-c2ccc(OC)cc2)n[nH]1. The molecule has 0 aliphatic carbocycles. The van der Waals surface area contributed by atoms with Gasteiger partial charge in [-0.15, -0.1) is 0 Å². The van der Waals surface area contributed by atoms with E-state index in [1.807, 2.05) is 24.3 Å². The highest BCUT2D eigenvalue weighted by molar-refractivity contribution is 5.77. The van der Waals surface area contributed by atoms with Crippen LogP contribution in [-0.2, 0) is 6.54 Å². The lowest BCUT2D eigenvalue weighted by Crippen LogP contribution is -2.42. The second-order valence-electron chi connectivity index (χ2n) is 6.34. The number of likely N-dealkylation sites (N-methyl/N-ethyl adjacent to an activating group) is 1. The van der Waals surface area contributed by atoms with Gasteiger partial charge in [0.25, 0.3) is 0 Å². The Bertz CT molecular complexity index is 725. The normalized spacial score (nSPS) is 18.2. The Morgan fingerprint density at radius 2 is 2.23 bits per heavy atom. The second-order valence-corrected chi connectivity index (χ2v) is 6.34. The van der Waals surface area contributed by atoms with Crippen molar-refractivity contribution < 1.29 is 4.74 Å². The molecule has 2 heterocycles. The van der Waals surface area contributed by atoms with E-state index in [0.717, 1.165) is 24.4 Å². The number of ether oxygens (including phenoxy) is 1. The molecule has 1 saturated heterocycles. The van der Waals surface area contributed by atoms with Gasteiger partial charge in [0.2, 0.25) is 0 Å². The van der Waals surface area contributed by atoms with E-state index in [-0.39, 0.29) is 0 Å². The lowest BCUT2D eigenvalue weighted by molar-refractivity contribution is 0.267. The van der Waals surface area contributed by atoms with E-state index >= 15 is 0 Å². The van der Waals surface area contributed by atoms with E-state index in [4.69, 9.17) is 10.5 Å². The van der Waals surface area contributed by atoms with Gasteiger partial charge in [0, 0.05) is 18.2 Å². The van der Waals surface area contributed by atoms with E-state index in [9.17, 15) is 0 Å². The lowest BCUT2D eigenvalue weighted by Gasteiger charge is -2.23. The van der Waals surface area contributed by atoms with Crippen molar-refractivity contribution in [3.8, 4) is 17.1 Å². The average molecular weight is 357 g/mol. The molecule has 2 aromatic rings. The highest BCUT2D eigenvalue weighted by atomic mass is 16.5. The van der Waals surface area contributed by atoms with Gasteiger partial charge in [-0.05, 0) is 50.2 Å². The number of nitrogens with two attached hydrogens (primary N) is 1. The van der Waals surface area contributed by atoms with E-state index < -0.39 is 0 Å². The minimum Gasteiger partial charge on any atom is -0.497 e. The second kappa shape index (κ2) is 8.66. The van der Waals surface area contributed by atoms with Gasteiger partial charge in [0.1, 0.15) is 18.1 Å². The van der Waals surface area contributed by atoms with Gasteiger partial charge >= 0.3 is 0 Å². The molecule has 0 spiro atoms. The van der Waals surface area contributed by atoms with E-state index in [0.29, 0.717) is 30.2 Å². The van der Waals surface area contributed by atoms with Crippen LogP contribution in [0.4, 0.5) is 0 Å². The van der Waals surface area contributed by atoms with Gasteiger partial charge in [0.15, 0.2) is 11.8 Å². The molecule has 1 unspecified atom stereocenters. The fourth-order valence-corrected chi connectivity index (χ4v) is 3.22. The summed E-state index contributed by atoms with van der Waals surface area (Å²) in [5, 5.41) is 10.4. The third-order valence-electron chi connectivity index (χ3n) is 4.70. The zero-order valence-corrected chi connectivity index (χ0v) is 15.4. The fraction of sp³-hybridized carbons (Fsp3) is 0.500. The minimum atomic E-state index is 0.365. The topological polar surface area (TPSA) is 104 Å². The standard InChI is InChI=1S/C18H27N7O/c1-3-25-10-4-5-14(25)11-20-18(19)21-12-16-22-17(24-23-16)13-6-8-15(26-2)9-7-13/h6-9,14H,3-5,10-12H2,1-2H3,(H3,19,20,21)(H,22,23,24). The molecule has 1 fully saturated rings. The van der Waals surface area contributed by atoms with Crippen molar-refractivity contribution in [1.82, 2.24) is 25.4 Å². The van der Waals surface area contributed by atoms with Gasteiger partial charge in [-0.1, -0.05) is 6.92 Å². The molecule has 8 nitrogen and oxygen atoms in total. The number of rotatable bonds is 7. The van der Waals surface area contributed by atoms with E-state index in [1.165, 1.54) is 19.4 Å². The molecule has 1 aliphatic heterocycles. The van der Waals surface area contributed by atoms with Crippen LogP contribution in [0.3, 0.4) is 0 Å². The number of guanidine groups is 1. The molecule has 1 aromatic heterocycles. The molecule has 0 bridgehead atoms. The zero-order chi connectivity index (χ0) is 18.4. The number of hydrogen-bond acceptors (Lipinski definition) is 5. The smallest absolute Gasteiger partial charge is 0.189 e. The summed E-state index contributed by atoms with van der Waals surface area (Å²) in [6.07, 6.45) is 2.46. The van der Waals surface area contributed by atoms with Crippen LogP contribution in [0.1, 0.15) is 25.6 Å². The van der Waals surface area contributed by atoms with Gasteiger partial charge in [-0.2, -0.15) is 5.10 Å². The van der Waals surface area contributed by atoms with Gasteiger partial charge in [0.05, 0.1) is 7.11 Å². The lowest BCUT2D eigenvalue weighted by atomic mass is 10.2. The maximum absolute atomic E-state index is 5.98. The maximum atomic E-state index is 5.98. The van der Waals surface area contributed by atoms with Crippen molar-refractivity contribution >= 4 is 5.96 Å². The summed E-state index contributed by atoms with van der Waals surface area (Å²) in [6.45, 7) is 5.64. The third-order valence-corrected chi connectivity index (χ3v) is 4.70. The summed E-state index contributed by atoms with van der Waals surface area (Å²) in [4.78, 5) is 11.3. The van der Waals surface area contributed by atoms with Crippen molar-refractivity contribution in [2.24, 2.45) is 10.7 Å². The number of benzene rings is 1. The number of aliphatic imine (C=N–C) groups is 1. The quantitative estimate of drug-likeness (QED) is 0.511. The molecule has 0 radical (unpaired) electrons. The van der Waals surface area contributed by atoms with E-state index in [1.54, 1.807) is 7.11 Å². The third kappa shape index (κ3) is 4.51. The van der Waals surface area contributed by atoms with Crippen LogP contribution >= 0.6 is 0 Å². The summed E-state index contributed by atoms with van der Waals surface area (Å²) < 4.78 is 5.16. The van der Waals surface area contributed by atoms with Crippen LogP contribution in [0.25, 0.3) is 11.4 Å². The minimum absolute atomic E-state index is 0.365. The Labute approximate surface area is 153 Å². The van der Waals surface area contributed by atoms with Crippen molar-refractivity contribution in [2.75, 3.05) is 26.7 Å². The highest BCUT2D eigenvalue weighted by Crippen LogP contribution is 2.19. The molecule has 4 N–H and O–H groups in total. The molecular formula is C18H27N7O. The number of hydrogen-bond donors (Lipinski definition) is 3. The van der Waals surface area contributed by atoms with Crippen LogP contribution in [-0.4, -0.2) is 58.8 Å². The number of aromatic amines is 1. The molecule has 0 amide bonds. The summed E-state index contributed by atoms with van der Waals surface area (Å²) in [7, 11) is 1.64. The van der Waals surface area contributed by atoms with Gasteiger partial charge in [-0.25, -0.2) is 9.98 Å². The van der Waals surface area contributed by atoms with Crippen molar-refractivity contribution in [1.29, 1.82) is 0 Å². The van der Waals surface area contributed by atoms with Crippen LogP contribution in [0.5, 0.6) is 5.75 Å². The Hall–Kier alpha value is -2.61. The molecule has 140 valence electrons. The molecule has 1 atom stereocenters. The summed E-state index contributed by atoms with van der Waals surface area (Å²) >= 11 is 0. The predicted octanol–water partition coefficient (Wildman–Crippen LogP) is 1.37. The summed E-state index contributed by atoms with van der Waals surface area (Å²) in [5.41, 5.74) is 6.90. The first kappa shape index (κ1) is 18.2. The summed E-state index contributed by atoms with van der Waals surface area (Å²) in [6, 6.07) is 8.15. The Kier molecular flexibility index (Phi) is 6.06. The highest BCUT2D eigenvalue weighted by Gasteiger charge is 2.22.